The molecular formula is C19H24N6O2. The molecule has 3 aromatic rings. The summed E-state index contributed by atoms with van der Waals surface area (Å²) >= 11 is 0. The highest BCUT2D eigenvalue weighted by atomic mass is 16.5. The molecule has 2 aliphatic rings. The normalized spacial score (nSPS) is 23.6. The zero-order chi connectivity index (χ0) is 18.1. The standard InChI is InChI=1S/C19H24N6O2/c1-3-16(4-2-15(1)24-7-5-20-14-24)27-19-22-18(23-9-11-26-12-10-23)13-17-21-6-8-25(17)19/h5-8,13-16H,1-4,9-12H2. The minimum absolute atomic E-state index is 0.183. The van der Waals surface area contributed by atoms with Crippen molar-refractivity contribution in [1.29, 1.82) is 0 Å². The number of rotatable bonds is 4. The molecule has 0 unspecified atom stereocenters. The van der Waals surface area contributed by atoms with Crippen LogP contribution in [-0.4, -0.2) is 56.3 Å². The average Bonchev–Trinajstić information content (AvgIpc) is 3.41. The fraction of sp³-hybridized carbons (Fsp3) is 0.526. The highest BCUT2D eigenvalue weighted by Gasteiger charge is 2.25. The first-order chi connectivity index (χ1) is 13.4. The Hall–Kier alpha value is -2.61. The summed E-state index contributed by atoms with van der Waals surface area (Å²) in [6.45, 7) is 3.16. The van der Waals surface area contributed by atoms with Crippen LogP contribution in [0.25, 0.3) is 5.65 Å². The minimum Gasteiger partial charge on any atom is -0.461 e. The van der Waals surface area contributed by atoms with Crippen LogP contribution in [0.15, 0.2) is 37.2 Å². The summed E-state index contributed by atoms with van der Waals surface area (Å²) in [5.41, 5.74) is 0.869. The number of hydrogen-bond donors (Lipinski definition) is 0. The van der Waals surface area contributed by atoms with Gasteiger partial charge in [0.05, 0.1) is 19.5 Å². The molecule has 1 aliphatic heterocycles. The van der Waals surface area contributed by atoms with Crippen molar-refractivity contribution in [3.63, 3.8) is 0 Å². The van der Waals surface area contributed by atoms with Gasteiger partial charge in [-0.3, -0.25) is 4.40 Å². The SMILES string of the molecule is c1cn(C2CCC(Oc3nc(N4CCOCC4)cc4nccn34)CC2)cn1. The lowest BCUT2D eigenvalue weighted by atomic mass is 9.93. The lowest BCUT2D eigenvalue weighted by Crippen LogP contribution is -2.37. The molecular weight excluding hydrogens is 344 g/mol. The summed E-state index contributed by atoms with van der Waals surface area (Å²) in [5, 5.41) is 0. The molecule has 1 saturated carbocycles. The average molecular weight is 368 g/mol. The molecule has 0 aromatic carbocycles. The molecule has 27 heavy (non-hydrogen) atoms. The summed E-state index contributed by atoms with van der Waals surface area (Å²) in [6, 6.07) is 3.18. The van der Waals surface area contributed by atoms with Gasteiger partial charge in [0.15, 0.2) is 0 Å². The Morgan fingerprint density at radius 1 is 1.04 bits per heavy atom. The van der Waals surface area contributed by atoms with Crippen molar-refractivity contribution in [3.8, 4) is 6.01 Å². The maximum atomic E-state index is 6.35. The Labute approximate surface area is 157 Å². The fourth-order valence-corrected chi connectivity index (χ4v) is 4.02. The van der Waals surface area contributed by atoms with E-state index in [0.29, 0.717) is 12.1 Å². The van der Waals surface area contributed by atoms with Gasteiger partial charge >= 0.3 is 6.01 Å². The number of nitrogens with zero attached hydrogens (tertiary/aromatic N) is 6. The van der Waals surface area contributed by atoms with Gasteiger partial charge in [-0.25, -0.2) is 9.97 Å². The Morgan fingerprint density at radius 3 is 2.67 bits per heavy atom. The number of anilines is 1. The number of ether oxygens (including phenoxy) is 2. The lowest BCUT2D eigenvalue weighted by Gasteiger charge is -2.30. The highest BCUT2D eigenvalue weighted by molar-refractivity contribution is 5.53. The van der Waals surface area contributed by atoms with E-state index in [2.05, 4.69) is 19.4 Å². The van der Waals surface area contributed by atoms with Crippen molar-refractivity contribution in [2.45, 2.75) is 37.8 Å². The third-order valence-electron chi connectivity index (χ3n) is 5.54. The van der Waals surface area contributed by atoms with Crippen LogP contribution in [0.5, 0.6) is 6.01 Å². The van der Waals surface area contributed by atoms with Gasteiger partial charge in [-0.2, -0.15) is 4.98 Å². The molecule has 0 N–H and O–H groups in total. The summed E-state index contributed by atoms with van der Waals surface area (Å²) in [4.78, 5) is 15.7. The van der Waals surface area contributed by atoms with Gasteiger partial charge in [0.1, 0.15) is 17.6 Å². The van der Waals surface area contributed by atoms with Gasteiger partial charge in [-0.15, -0.1) is 0 Å². The van der Waals surface area contributed by atoms with Gasteiger partial charge in [0.25, 0.3) is 0 Å². The molecule has 2 fully saturated rings. The molecule has 8 nitrogen and oxygen atoms in total. The number of hydrogen-bond acceptors (Lipinski definition) is 6. The molecule has 4 heterocycles. The second kappa shape index (κ2) is 7.19. The van der Waals surface area contributed by atoms with Crippen molar-refractivity contribution in [3.05, 3.63) is 37.2 Å². The van der Waals surface area contributed by atoms with E-state index in [-0.39, 0.29) is 6.10 Å². The van der Waals surface area contributed by atoms with Gasteiger partial charge in [0.2, 0.25) is 0 Å². The monoisotopic (exact) mass is 368 g/mol. The van der Waals surface area contributed by atoms with Crippen molar-refractivity contribution < 1.29 is 9.47 Å². The zero-order valence-electron chi connectivity index (χ0n) is 15.3. The predicted molar refractivity (Wildman–Crippen MR) is 100 cm³/mol. The van der Waals surface area contributed by atoms with Crippen molar-refractivity contribution >= 4 is 11.5 Å². The van der Waals surface area contributed by atoms with Crippen LogP contribution in [-0.2, 0) is 4.74 Å². The first-order valence-electron chi connectivity index (χ1n) is 9.68. The number of fused-ring (bicyclic) bond motifs is 1. The minimum atomic E-state index is 0.183. The Balaban J connectivity index is 1.33. The molecule has 1 aliphatic carbocycles. The van der Waals surface area contributed by atoms with E-state index in [1.54, 1.807) is 6.20 Å². The molecule has 1 saturated heterocycles. The smallest absolute Gasteiger partial charge is 0.304 e. The van der Waals surface area contributed by atoms with Crippen LogP contribution >= 0.6 is 0 Å². The van der Waals surface area contributed by atoms with Crippen LogP contribution in [0.2, 0.25) is 0 Å². The lowest BCUT2D eigenvalue weighted by molar-refractivity contribution is 0.117. The first-order valence-corrected chi connectivity index (χ1v) is 9.68. The molecule has 0 amide bonds. The third kappa shape index (κ3) is 3.37. The Kier molecular flexibility index (Phi) is 4.41. The van der Waals surface area contributed by atoms with Crippen LogP contribution in [0.1, 0.15) is 31.7 Å². The topological polar surface area (TPSA) is 69.7 Å². The largest absolute Gasteiger partial charge is 0.461 e. The zero-order valence-corrected chi connectivity index (χ0v) is 15.3. The maximum Gasteiger partial charge on any atom is 0.304 e. The molecule has 8 heteroatoms. The molecule has 3 aromatic heterocycles. The van der Waals surface area contributed by atoms with Crippen molar-refractivity contribution in [1.82, 2.24) is 23.9 Å². The van der Waals surface area contributed by atoms with Crippen LogP contribution < -0.4 is 9.64 Å². The third-order valence-corrected chi connectivity index (χ3v) is 5.54. The maximum absolute atomic E-state index is 6.35. The van der Waals surface area contributed by atoms with E-state index in [4.69, 9.17) is 14.5 Å². The van der Waals surface area contributed by atoms with Gasteiger partial charge in [-0.1, -0.05) is 0 Å². The highest BCUT2D eigenvalue weighted by Crippen LogP contribution is 2.31. The Bertz CT molecular complexity index is 879. The van der Waals surface area contributed by atoms with Crippen LogP contribution in [0, 0.1) is 0 Å². The first kappa shape index (κ1) is 16.6. The van der Waals surface area contributed by atoms with Gasteiger partial charge < -0.3 is 18.9 Å². The van der Waals surface area contributed by atoms with E-state index < -0.39 is 0 Å². The van der Waals surface area contributed by atoms with E-state index in [0.717, 1.165) is 63.5 Å². The van der Waals surface area contributed by atoms with Crippen LogP contribution in [0.3, 0.4) is 0 Å². The summed E-state index contributed by atoms with van der Waals surface area (Å²) in [5.74, 6) is 0.916. The molecule has 0 atom stereocenters. The fourth-order valence-electron chi connectivity index (χ4n) is 4.02. The van der Waals surface area contributed by atoms with Crippen molar-refractivity contribution in [2.75, 3.05) is 31.2 Å². The van der Waals surface area contributed by atoms with E-state index in [9.17, 15) is 0 Å². The second-order valence-electron chi connectivity index (χ2n) is 7.21. The van der Waals surface area contributed by atoms with E-state index in [1.165, 1.54) is 0 Å². The van der Waals surface area contributed by atoms with Crippen LogP contribution in [0.4, 0.5) is 5.82 Å². The van der Waals surface area contributed by atoms with E-state index in [1.807, 2.05) is 35.4 Å². The Morgan fingerprint density at radius 2 is 1.89 bits per heavy atom. The molecule has 142 valence electrons. The van der Waals surface area contributed by atoms with Gasteiger partial charge in [-0.05, 0) is 25.7 Å². The summed E-state index contributed by atoms with van der Waals surface area (Å²) in [7, 11) is 0. The second-order valence-corrected chi connectivity index (χ2v) is 7.21. The predicted octanol–water partition coefficient (Wildman–Crippen LogP) is 2.33. The number of morpholine rings is 1. The summed E-state index contributed by atoms with van der Waals surface area (Å²) < 4.78 is 16.0. The quantitative estimate of drug-likeness (QED) is 0.704. The molecule has 5 rings (SSSR count). The van der Waals surface area contributed by atoms with E-state index >= 15 is 0 Å². The van der Waals surface area contributed by atoms with Gasteiger partial charge in [0, 0.05) is 50.0 Å². The molecule has 0 radical (unpaired) electrons. The molecule has 0 spiro atoms. The van der Waals surface area contributed by atoms with Crippen molar-refractivity contribution in [2.24, 2.45) is 0 Å². The number of aromatic nitrogens is 5. The number of imidazole rings is 2. The summed E-state index contributed by atoms with van der Waals surface area (Å²) in [6.07, 6.45) is 13.9. The molecule has 0 bridgehead atoms.